The first-order chi connectivity index (χ1) is 7.75. The number of hydrogen-bond acceptors (Lipinski definition) is 5. The number of amides is 1. The van der Waals surface area contributed by atoms with Gasteiger partial charge in [0.2, 0.25) is 5.91 Å². The summed E-state index contributed by atoms with van der Waals surface area (Å²) in [5.74, 6) is -1.10. The molecule has 0 heterocycles. The van der Waals surface area contributed by atoms with Crippen LogP contribution < -0.4 is 11.1 Å². The van der Waals surface area contributed by atoms with E-state index in [9.17, 15) is 18.3 Å². The lowest BCUT2D eigenvalue weighted by Crippen LogP contribution is -2.11. The predicted octanol–water partition coefficient (Wildman–Crippen LogP) is 0.570. The molecule has 7 nitrogen and oxygen atoms in total. The molecule has 0 radical (unpaired) electrons. The molecule has 0 fully saturated rings. The highest BCUT2D eigenvalue weighted by Crippen LogP contribution is 2.32. The van der Waals surface area contributed by atoms with Crippen LogP contribution in [0.15, 0.2) is 17.0 Å². The molecule has 0 aliphatic carbocycles. The number of benzene rings is 1. The summed E-state index contributed by atoms with van der Waals surface area (Å²) in [6, 6.07) is 2.12. The number of nitrogens with two attached hydrogens (primary N) is 1. The molecule has 0 saturated carbocycles. The molecule has 0 bridgehead atoms. The Labute approximate surface area is 98.0 Å². The second kappa shape index (κ2) is 4.60. The van der Waals surface area contributed by atoms with E-state index in [-0.39, 0.29) is 23.7 Å². The van der Waals surface area contributed by atoms with E-state index in [4.69, 9.17) is 10.3 Å². The van der Waals surface area contributed by atoms with Crippen LogP contribution in [0.1, 0.15) is 13.3 Å². The van der Waals surface area contributed by atoms with Crippen molar-refractivity contribution in [1.29, 1.82) is 0 Å². The van der Waals surface area contributed by atoms with Crippen LogP contribution in [0.3, 0.4) is 0 Å². The molecular formula is C9H12N2O5S. The standard InChI is InChI=1S/C9H12N2O5S/c1-2-8(12)11-5-3-6(10)9(13)7(4-5)17(14,15)16/h3-4,13H,2,10H2,1H3,(H,11,12)(H,14,15,16). The Kier molecular flexibility index (Phi) is 3.59. The molecule has 17 heavy (non-hydrogen) atoms. The number of phenols is 1. The average Bonchev–Trinajstić information content (AvgIpc) is 2.21. The van der Waals surface area contributed by atoms with Gasteiger partial charge in [-0.05, 0) is 12.1 Å². The van der Waals surface area contributed by atoms with Crippen molar-refractivity contribution < 1.29 is 22.9 Å². The number of phenolic OH excluding ortho intramolecular Hbond substituents is 1. The third-order valence-corrected chi connectivity index (χ3v) is 2.85. The van der Waals surface area contributed by atoms with Gasteiger partial charge in [-0.2, -0.15) is 8.42 Å². The molecular weight excluding hydrogens is 248 g/mol. The van der Waals surface area contributed by atoms with Gasteiger partial charge in [0.15, 0.2) is 5.75 Å². The number of anilines is 2. The Morgan fingerprint density at radius 1 is 1.47 bits per heavy atom. The second-order valence-electron chi connectivity index (χ2n) is 3.29. The van der Waals surface area contributed by atoms with Gasteiger partial charge in [-0.3, -0.25) is 9.35 Å². The largest absolute Gasteiger partial charge is 0.504 e. The summed E-state index contributed by atoms with van der Waals surface area (Å²) in [5, 5.41) is 11.7. The van der Waals surface area contributed by atoms with Crippen molar-refractivity contribution in [2.24, 2.45) is 0 Å². The Bertz CT molecular complexity index is 553. The maximum Gasteiger partial charge on any atom is 0.298 e. The molecule has 0 saturated heterocycles. The highest BCUT2D eigenvalue weighted by molar-refractivity contribution is 7.86. The summed E-state index contributed by atoms with van der Waals surface area (Å²) >= 11 is 0. The third kappa shape index (κ3) is 3.08. The Morgan fingerprint density at radius 3 is 2.53 bits per heavy atom. The number of carbonyl (C=O) groups excluding carboxylic acids is 1. The van der Waals surface area contributed by atoms with E-state index in [1.165, 1.54) is 6.07 Å². The minimum Gasteiger partial charge on any atom is -0.504 e. The molecule has 0 aliphatic rings. The second-order valence-corrected chi connectivity index (χ2v) is 4.68. The van der Waals surface area contributed by atoms with Gasteiger partial charge in [-0.15, -0.1) is 0 Å². The van der Waals surface area contributed by atoms with Gasteiger partial charge in [0.05, 0.1) is 5.69 Å². The van der Waals surface area contributed by atoms with E-state index >= 15 is 0 Å². The number of carbonyl (C=O) groups is 1. The number of rotatable bonds is 3. The van der Waals surface area contributed by atoms with Gasteiger partial charge in [0.1, 0.15) is 4.90 Å². The zero-order valence-corrected chi connectivity index (χ0v) is 9.78. The van der Waals surface area contributed by atoms with Crippen molar-refractivity contribution in [1.82, 2.24) is 0 Å². The average molecular weight is 260 g/mol. The van der Waals surface area contributed by atoms with Crippen LogP contribution in [0.2, 0.25) is 0 Å². The first-order valence-corrected chi connectivity index (χ1v) is 6.09. The number of hydrogen-bond donors (Lipinski definition) is 4. The fourth-order valence-electron chi connectivity index (χ4n) is 1.15. The topological polar surface area (TPSA) is 130 Å². The Hall–Kier alpha value is -1.80. The number of nitrogen functional groups attached to an aromatic ring is 1. The van der Waals surface area contributed by atoms with Crippen molar-refractivity contribution in [3.63, 3.8) is 0 Å². The normalized spacial score (nSPS) is 11.2. The summed E-state index contributed by atoms with van der Waals surface area (Å²) in [6.07, 6.45) is 0.196. The monoisotopic (exact) mass is 260 g/mol. The first-order valence-electron chi connectivity index (χ1n) is 4.65. The highest BCUT2D eigenvalue weighted by atomic mass is 32.2. The molecule has 1 amide bonds. The van der Waals surface area contributed by atoms with Gasteiger partial charge < -0.3 is 16.2 Å². The zero-order chi connectivity index (χ0) is 13.2. The summed E-state index contributed by atoms with van der Waals surface area (Å²) in [6.45, 7) is 1.61. The number of nitrogens with one attached hydrogen (secondary N) is 1. The molecule has 1 aromatic rings. The maximum atomic E-state index is 11.1. The van der Waals surface area contributed by atoms with Crippen molar-refractivity contribution in [2.75, 3.05) is 11.1 Å². The molecule has 0 unspecified atom stereocenters. The van der Waals surface area contributed by atoms with E-state index in [0.29, 0.717) is 0 Å². The summed E-state index contributed by atoms with van der Waals surface area (Å²) in [4.78, 5) is 10.4. The lowest BCUT2D eigenvalue weighted by atomic mass is 10.2. The third-order valence-electron chi connectivity index (χ3n) is 1.99. The van der Waals surface area contributed by atoms with E-state index < -0.39 is 20.8 Å². The van der Waals surface area contributed by atoms with Crippen LogP contribution >= 0.6 is 0 Å². The van der Waals surface area contributed by atoms with Crippen LogP contribution in [-0.4, -0.2) is 24.0 Å². The van der Waals surface area contributed by atoms with Crippen molar-refractivity contribution >= 4 is 27.4 Å². The smallest absolute Gasteiger partial charge is 0.298 e. The minimum absolute atomic E-state index is 0.0831. The van der Waals surface area contributed by atoms with E-state index in [1.807, 2.05) is 0 Å². The fraction of sp³-hybridized carbons (Fsp3) is 0.222. The van der Waals surface area contributed by atoms with Crippen LogP contribution in [0, 0.1) is 0 Å². The van der Waals surface area contributed by atoms with Crippen LogP contribution in [0.25, 0.3) is 0 Å². The van der Waals surface area contributed by atoms with Gasteiger partial charge in [0.25, 0.3) is 10.1 Å². The number of aromatic hydroxyl groups is 1. The van der Waals surface area contributed by atoms with Gasteiger partial charge in [0, 0.05) is 12.1 Å². The van der Waals surface area contributed by atoms with Crippen LogP contribution in [0.5, 0.6) is 5.75 Å². The Morgan fingerprint density at radius 2 is 2.06 bits per heavy atom. The zero-order valence-electron chi connectivity index (χ0n) is 8.97. The fourth-order valence-corrected chi connectivity index (χ4v) is 1.79. The summed E-state index contributed by atoms with van der Waals surface area (Å²) in [5.41, 5.74) is 5.18. The van der Waals surface area contributed by atoms with E-state index in [0.717, 1.165) is 6.07 Å². The van der Waals surface area contributed by atoms with E-state index in [1.54, 1.807) is 6.92 Å². The molecule has 0 atom stereocenters. The molecule has 0 aliphatic heterocycles. The molecule has 5 N–H and O–H groups in total. The van der Waals surface area contributed by atoms with Crippen molar-refractivity contribution in [2.45, 2.75) is 18.2 Å². The van der Waals surface area contributed by atoms with Crippen molar-refractivity contribution in [3.05, 3.63) is 12.1 Å². The molecule has 1 aromatic carbocycles. The SMILES string of the molecule is CCC(=O)Nc1cc(N)c(O)c(S(=O)(=O)O)c1. The predicted molar refractivity (Wildman–Crippen MR) is 61.3 cm³/mol. The first kappa shape index (κ1) is 13.3. The molecule has 0 spiro atoms. The maximum absolute atomic E-state index is 11.1. The lowest BCUT2D eigenvalue weighted by molar-refractivity contribution is -0.115. The van der Waals surface area contributed by atoms with Crippen molar-refractivity contribution in [3.8, 4) is 5.75 Å². The summed E-state index contributed by atoms with van der Waals surface area (Å²) < 4.78 is 30.7. The van der Waals surface area contributed by atoms with Crippen LogP contribution in [-0.2, 0) is 14.9 Å². The van der Waals surface area contributed by atoms with Gasteiger partial charge in [-0.25, -0.2) is 0 Å². The van der Waals surface area contributed by atoms with Gasteiger partial charge >= 0.3 is 0 Å². The highest BCUT2D eigenvalue weighted by Gasteiger charge is 2.19. The molecule has 0 aromatic heterocycles. The lowest BCUT2D eigenvalue weighted by Gasteiger charge is -2.09. The Balaban J connectivity index is 3.29. The quantitative estimate of drug-likeness (QED) is 0.272. The molecule has 1 rings (SSSR count). The summed E-state index contributed by atoms with van der Waals surface area (Å²) in [7, 11) is -4.60. The van der Waals surface area contributed by atoms with Gasteiger partial charge in [-0.1, -0.05) is 6.92 Å². The molecule has 8 heteroatoms. The van der Waals surface area contributed by atoms with Crippen LogP contribution in [0.4, 0.5) is 11.4 Å². The minimum atomic E-state index is -4.60. The molecule has 94 valence electrons. The van der Waals surface area contributed by atoms with E-state index in [2.05, 4.69) is 5.32 Å².